The highest BCUT2D eigenvalue weighted by molar-refractivity contribution is 5.70. The number of hydrogen-bond donors (Lipinski definition) is 2. The maximum Gasteiger partial charge on any atom is 0.407 e. The van der Waals surface area contributed by atoms with Crippen LogP contribution in [0, 0.1) is 6.92 Å². The Morgan fingerprint density at radius 2 is 2.25 bits per heavy atom. The van der Waals surface area contributed by atoms with E-state index in [0.29, 0.717) is 24.9 Å². The molecule has 1 saturated heterocycles. The average Bonchev–Trinajstić information content (AvgIpc) is 3.31. The van der Waals surface area contributed by atoms with Crippen LogP contribution < -0.4 is 15.4 Å². The molecule has 0 bridgehead atoms. The normalized spacial score (nSPS) is 15.8. The van der Waals surface area contributed by atoms with Crippen LogP contribution in [0.15, 0.2) is 42.9 Å². The second-order valence-corrected chi connectivity index (χ2v) is 6.49. The van der Waals surface area contributed by atoms with Gasteiger partial charge in [0, 0.05) is 29.7 Å². The number of methoxy groups -OCH3 is 1. The molecule has 28 heavy (non-hydrogen) atoms. The maximum absolute atomic E-state index is 11.1. The van der Waals surface area contributed by atoms with Gasteiger partial charge in [0.1, 0.15) is 6.10 Å². The first-order valence-corrected chi connectivity index (χ1v) is 8.82. The molecule has 9 nitrogen and oxygen atoms in total. The van der Waals surface area contributed by atoms with Crippen molar-refractivity contribution in [2.45, 2.75) is 19.6 Å². The summed E-state index contributed by atoms with van der Waals surface area (Å²) in [6.45, 7) is 3.02. The minimum Gasteiger partial charge on any atom is -0.481 e. The third kappa shape index (κ3) is 4.03. The number of carbonyl (C=O) groups is 1. The van der Waals surface area contributed by atoms with E-state index in [4.69, 9.17) is 9.47 Å². The van der Waals surface area contributed by atoms with E-state index in [-0.39, 0.29) is 12.2 Å². The Morgan fingerprint density at radius 3 is 3.04 bits per heavy atom. The zero-order valence-corrected chi connectivity index (χ0v) is 15.5. The van der Waals surface area contributed by atoms with Crippen molar-refractivity contribution in [1.29, 1.82) is 0 Å². The number of nitrogens with zero attached hydrogens (tertiary/aromatic N) is 4. The van der Waals surface area contributed by atoms with E-state index >= 15 is 0 Å². The van der Waals surface area contributed by atoms with Gasteiger partial charge in [0.15, 0.2) is 0 Å². The Kier molecular flexibility index (Phi) is 4.79. The number of hydrogen-bond acceptors (Lipinski definition) is 7. The van der Waals surface area contributed by atoms with Gasteiger partial charge in [-0.1, -0.05) is 6.07 Å². The minimum atomic E-state index is -0.383. The van der Waals surface area contributed by atoms with E-state index < -0.39 is 0 Å². The molecule has 144 valence electrons. The standard InChI is InChI=1S/C19H20N6O3/c1-12-5-13(7-15(6-12)23-18-20-4-3-17(24-18)27-2)14-8-22-25(10-14)11-16-9-21-19(26)28-16/h3-8,10,16H,9,11H2,1-2H3,(H,21,26)(H,20,23,24). The molecule has 2 N–H and O–H groups in total. The van der Waals surface area contributed by atoms with Gasteiger partial charge in [-0.25, -0.2) is 9.78 Å². The number of ether oxygens (including phenoxy) is 2. The van der Waals surface area contributed by atoms with Crippen LogP contribution in [-0.4, -0.2) is 45.6 Å². The number of rotatable bonds is 6. The Labute approximate surface area is 161 Å². The van der Waals surface area contributed by atoms with E-state index in [1.54, 1.807) is 30.3 Å². The lowest BCUT2D eigenvalue weighted by molar-refractivity contribution is 0.129. The van der Waals surface area contributed by atoms with E-state index in [9.17, 15) is 4.79 Å². The fraction of sp³-hybridized carbons (Fsp3) is 0.263. The molecule has 2 aromatic heterocycles. The van der Waals surface area contributed by atoms with Crippen LogP contribution in [-0.2, 0) is 11.3 Å². The Bertz CT molecular complexity index is 1000. The summed E-state index contributed by atoms with van der Waals surface area (Å²) >= 11 is 0. The maximum atomic E-state index is 11.1. The van der Waals surface area contributed by atoms with Gasteiger partial charge in [0.2, 0.25) is 11.8 Å². The number of benzene rings is 1. The molecule has 4 rings (SSSR count). The van der Waals surface area contributed by atoms with Crippen LogP contribution in [0.2, 0.25) is 0 Å². The number of carbonyl (C=O) groups excluding carboxylic acids is 1. The first-order chi connectivity index (χ1) is 13.6. The molecule has 0 radical (unpaired) electrons. The van der Waals surface area contributed by atoms with Gasteiger partial charge in [-0.15, -0.1) is 0 Å². The lowest BCUT2D eigenvalue weighted by atomic mass is 10.1. The Balaban J connectivity index is 1.53. The number of aromatic nitrogens is 4. The van der Waals surface area contributed by atoms with E-state index in [1.165, 1.54) is 0 Å². The predicted molar refractivity (Wildman–Crippen MR) is 103 cm³/mol. The van der Waals surface area contributed by atoms with Crippen molar-refractivity contribution >= 4 is 17.7 Å². The van der Waals surface area contributed by atoms with Crippen molar-refractivity contribution in [3.05, 3.63) is 48.4 Å². The quantitative estimate of drug-likeness (QED) is 0.677. The topological polar surface area (TPSA) is 103 Å². The van der Waals surface area contributed by atoms with Crippen LogP contribution in [0.1, 0.15) is 5.56 Å². The highest BCUT2D eigenvalue weighted by Gasteiger charge is 2.23. The summed E-state index contributed by atoms with van der Waals surface area (Å²) in [6.07, 6.45) is 4.78. The Morgan fingerprint density at radius 1 is 1.36 bits per heavy atom. The van der Waals surface area contributed by atoms with Crippen molar-refractivity contribution in [2.24, 2.45) is 0 Å². The van der Waals surface area contributed by atoms with Crippen LogP contribution in [0.5, 0.6) is 5.88 Å². The highest BCUT2D eigenvalue weighted by atomic mass is 16.6. The van der Waals surface area contributed by atoms with Crippen LogP contribution in [0.4, 0.5) is 16.4 Å². The summed E-state index contributed by atoms with van der Waals surface area (Å²) in [6, 6.07) is 7.79. The number of cyclic esters (lactones) is 1. The van der Waals surface area contributed by atoms with Crippen molar-refractivity contribution in [3.8, 4) is 17.0 Å². The number of anilines is 2. The van der Waals surface area contributed by atoms with Gasteiger partial charge in [-0.2, -0.15) is 10.1 Å². The largest absolute Gasteiger partial charge is 0.481 e. The van der Waals surface area contributed by atoms with E-state index in [1.807, 2.05) is 25.3 Å². The smallest absolute Gasteiger partial charge is 0.407 e. The summed E-state index contributed by atoms with van der Waals surface area (Å²) in [5.41, 5.74) is 3.93. The summed E-state index contributed by atoms with van der Waals surface area (Å²) in [7, 11) is 1.57. The van der Waals surface area contributed by atoms with Gasteiger partial charge in [0.25, 0.3) is 0 Å². The van der Waals surface area contributed by atoms with E-state index in [0.717, 1.165) is 22.4 Å². The molecule has 1 aromatic carbocycles. The summed E-state index contributed by atoms with van der Waals surface area (Å²) < 4.78 is 12.1. The van der Waals surface area contributed by atoms with Crippen molar-refractivity contribution in [3.63, 3.8) is 0 Å². The van der Waals surface area contributed by atoms with Crippen molar-refractivity contribution in [1.82, 2.24) is 25.1 Å². The number of nitrogens with one attached hydrogen (secondary N) is 2. The third-order valence-electron chi connectivity index (χ3n) is 4.28. The lowest BCUT2D eigenvalue weighted by Crippen LogP contribution is -2.20. The number of alkyl carbamates (subject to hydrolysis) is 1. The molecule has 1 amide bonds. The number of amides is 1. The number of aryl methyl sites for hydroxylation is 1. The fourth-order valence-corrected chi connectivity index (χ4v) is 3.02. The molecule has 1 atom stereocenters. The van der Waals surface area contributed by atoms with Gasteiger partial charge in [0.05, 0.1) is 26.4 Å². The summed E-state index contributed by atoms with van der Waals surface area (Å²) in [5.74, 6) is 0.955. The second kappa shape index (κ2) is 7.55. The summed E-state index contributed by atoms with van der Waals surface area (Å²) in [4.78, 5) is 19.6. The van der Waals surface area contributed by atoms with Crippen molar-refractivity contribution in [2.75, 3.05) is 19.0 Å². The average molecular weight is 380 g/mol. The van der Waals surface area contributed by atoms with Gasteiger partial charge < -0.3 is 20.1 Å². The van der Waals surface area contributed by atoms with Gasteiger partial charge in [-0.3, -0.25) is 4.68 Å². The molecular formula is C19H20N6O3. The zero-order valence-electron chi connectivity index (χ0n) is 15.5. The van der Waals surface area contributed by atoms with Crippen molar-refractivity contribution < 1.29 is 14.3 Å². The van der Waals surface area contributed by atoms with Gasteiger partial charge >= 0.3 is 6.09 Å². The Hall–Kier alpha value is -3.62. The monoisotopic (exact) mass is 380 g/mol. The molecule has 1 unspecified atom stereocenters. The van der Waals surface area contributed by atoms with Crippen LogP contribution >= 0.6 is 0 Å². The third-order valence-corrected chi connectivity index (χ3v) is 4.28. The first kappa shape index (κ1) is 17.8. The highest BCUT2D eigenvalue weighted by Crippen LogP contribution is 2.26. The second-order valence-electron chi connectivity index (χ2n) is 6.49. The molecule has 1 aliphatic rings. The predicted octanol–water partition coefficient (Wildman–Crippen LogP) is 2.51. The molecule has 1 aliphatic heterocycles. The lowest BCUT2D eigenvalue weighted by Gasteiger charge is -2.09. The molecular weight excluding hydrogens is 360 g/mol. The SMILES string of the molecule is COc1ccnc(Nc2cc(C)cc(-c3cnn(CC4CNC(=O)O4)c3)c2)n1. The van der Waals surface area contributed by atoms with Crippen LogP contribution in [0.3, 0.4) is 0 Å². The minimum absolute atomic E-state index is 0.208. The zero-order chi connectivity index (χ0) is 19.5. The molecule has 0 saturated carbocycles. The molecule has 9 heteroatoms. The fourth-order valence-electron chi connectivity index (χ4n) is 3.02. The molecule has 3 aromatic rings. The van der Waals surface area contributed by atoms with Gasteiger partial charge in [-0.05, 0) is 30.2 Å². The van der Waals surface area contributed by atoms with Crippen LogP contribution in [0.25, 0.3) is 11.1 Å². The summed E-state index contributed by atoms with van der Waals surface area (Å²) in [5, 5.41) is 10.2. The first-order valence-electron chi connectivity index (χ1n) is 8.82. The molecule has 0 spiro atoms. The van der Waals surface area contributed by atoms with E-state index in [2.05, 4.69) is 31.8 Å². The molecule has 0 aliphatic carbocycles. The molecule has 1 fully saturated rings. The molecule has 3 heterocycles.